The van der Waals surface area contributed by atoms with Gasteiger partial charge in [-0.2, -0.15) is 8.42 Å². The highest BCUT2D eigenvalue weighted by Crippen LogP contribution is 2.28. The Morgan fingerprint density at radius 2 is 1.71 bits per heavy atom. The van der Waals surface area contributed by atoms with Crippen LogP contribution >= 0.6 is 0 Å². The molecule has 1 fully saturated rings. The van der Waals surface area contributed by atoms with Gasteiger partial charge in [0.2, 0.25) is 0 Å². The van der Waals surface area contributed by atoms with Gasteiger partial charge in [0.05, 0.1) is 6.26 Å². The van der Waals surface area contributed by atoms with Crippen LogP contribution in [0.4, 0.5) is 0 Å². The van der Waals surface area contributed by atoms with Crippen LogP contribution in [-0.4, -0.2) is 76.9 Å². The molecule has 5 unspecified atom stereocenters. The lowest BCUT2D eigenvalue weighted by molar-refractivity contribution is -0.263. The molecule has 2 rings (SSSR count). The fraction of sp³-hybridized carbons (Fsp3) is 0.526. The molecule has 11 nitrogen and oxygen atoms in total. The zero-order chi connectivity index (χ0) is 23.2. The molecule has 1 aliphatic heterocycles. The van der Waals surface area contributed by atoms with Crippen molar-refractivity contribution in [1.29, 1.82) is 0 Å². The highest BCUT2D eigenvalue weighted by molar-refractivity contribution is 7.86. The summed E-state index contributed by atoms with van der Waals surface area (Å²) in [7, 11) is -2.80. The fourth-order valence-electron chi connectivity index (χ4n) is 3.07. The van der Waals surface area contributed by atoms with Gasteiger partial charge in [-0.1, -0.05) is 18.2 Å². The summed E-state index contributed by atoms with van der Waals surface area (Å²) in [6.07, 6.45) is -4.27. The van der Waals surface area contributed by atoms with Crippen molar-refractivity contribution in [2.75, 3.05) is 20.0 Å². The molecule has 31 heavy (non-hydrogen) atoms. The molecule has 0 aliphatic carbocycles. The number of hydrogen-bond acceptors (Lipinski definition) is 10. The Morgan fingerprint density at radius 1 is 1.06 bits per heavy atom. The van der Waals surface area contributed by atoms with Crippen LogP contribution in [0.3, 0.4) is 0 Å². The number of methoxy groups -OCH3 is 1. The first-order valence-electron chi connectivity index (χ1n) is 9.25. The number of esters is 2. The van der Waals surface area contributed by atoms with Crippen molar-refractivity contribution < 1.29 is 45.9 Å². The van der Waals surface area contributed by atoms with Crippen LogP contribution in [0, 0.1) is 0 Å². The Balaban J connectivity index is 2.42. The van der Waals surface area contributed by atoms with Crippen molar-refractivity contribution in [3.8, 4) is 0 Å². The van der Waals surface area contributed by atoms with Gasteiger partial charge in [0.15, 0.2) is 12.4 Å². The minimum atomic E-state index is -4.07. The highest BCUT2D eigenvalue weighted by Gasteiger charge is 2.51. The second-order valence-corrected chi connectivity index (χ2v) is 8.39. The molecule has 0 saturated carbocycles. The van der Waals surface area contributed by atoms with E-state index in [2.05, 4.69) is 5.32 Å². The molecular weight excluding hydrogens is 434 g/mol. The third kappa shape index (κ3) is 7.28. The van der Waals surface area contributed by atoms with Gasteiger partial charge < -0.3 is 24.3 Å². The summed E-state index contributed by atoms with van der Waals surface area (Å²) in [5.74, 6) is -1.94. The summed E-state index contributed by atoms with van der Waals surface area (Å²) < 4.78 is 50.3. The zero-order valence-corrected chi connectivity index (χ0v) is 18.3. The quantitative estimate of drug-likeness (QED) is 0.416. The van der Waals surface area contributed by atoms with Gasteiger partial charge in [0.1, 0.15) is 24.9 Å². The van der Waals surface area contributed by atoms with E-state index in [-0.39, 0.29) is 6.61 Å². The van der Waals surface area contributed by atoms with Crippen LogP contribution in [0.25, 0.3) is 0 Å². The Hall–Kier alpha value is -2.54. The van der Waals surface area contributed by atoms with E-state index in [1.165, 1.54) is 14.0 Å². The molecule has 0 radical (unpaired) electrons. The lowest BCUT2D eigenvalue weighted by Gasteiger charge is -2.44. The zero-order valence-electron chi connectivity index (χ0n) is 17.5. The monoisotopic (exact) mass is 459 g/mol. The summed E-state index contributed by atoms with van der Waals surface area (Å²) in [5, 5.41) is 2.62. The van der Waals surface area contributed by atoms with Crippen LogP contribution < -0.4 is 5.32 Å². The molecule has 12 heteroatoms. The number of amides is 1. The van der Waals surface area contributed by atoms with Crippen LogP contribution in [0.2, 0.25) is 0 Å². The van der Waals surface area contributed by atoms with Crippen molar-refractivity contribution >= 4 is 28.0 Å². The van der Waals surface area contributed by atoms with E-state index in [1.54, 1.807) is 30.3 Å². The third-order valence-electron chi connectivity index (χ3n) is 4.25. The highest BCUT2D eigenvalue weighted by atomic mass is 32.2. The first kappa shape index (κ1) is 24.7. The third-order valence-corrected chi connectivity index (χ3v) is 4.82. The van der Waals surface area contributed by atoms with Gasteiger partial charge in [-0.05, 0) is 12.1 Å². The normalized spacial score (nSPS) is 26.0. The fourth-order valence-corrected chi connectivity index (χ4v) is 3.70. The number of nitrogens with one attached hydrogen (secondary N) is 1. The summed E-state index contributed by atoms with van der Waals surface area (Å²) in [6, 6.07) is 6.96. The largest absolute Gasteiger partial charge is 0.463 e. The van der Waals surface area contributed by atoms with Crippen molar-refractivity contribution in [3.63, 3.8) is 0 Å². The summed E-state index contributed by atoms with van der Waals surface area (Å²) in [6.45, 7) is 1.92. The van der Waals surface area contributed by atoms with Gasteiger partial charge in [0.25, 0.3) is 16.0 Å². The van der Waals surface area contributed by atoms with E-state index in [1.807, 2.05) is 0 Å². The second kappa shape index (κ2) is 10.7. The van der Waals surface area contributed by atoms with Crippen molar-refractivity contribution in [2.45, 2.75) is 44.5 Å². The number of carbonyl (C=O) groups excluding carboxylic acids is 3. The minimum Gasteiger partial charge on any atom is -0.463 e. The van der Waals surface area contributed by atoms with E-state index in [9.17, 15) is 22.8 Å². The molecule has 172 valence electrons. The average molecular weight is 459 g/mol. The van der Waals surface area contributed by atoms with Gasteiger partial charge in [-0.3, -0.25) is 18.6 Å². The number of carbonyl (C=O) groups is 3. The molecule has 1 aromatic rings. The van der Waals surface area contributed by atoms with Gasteiger partial charge >= 0.3 is 11.9 Å². The lowest BCUT2D eigenvalue weighted by atomic mass is 9.96. The topological polar surface area (TPSA) is 144 Å². The van der Waals surface area contributed by atoms with E-state index < -0.39 is 58.6 Å². The van der Waals surface area contributed by atoms with Crippen molar-refractivity contribution in [3.05, 3.63) is 35.9 Å². The molecule has 0 aromatic heterocycles. The van der Waals surface area contributed by atoms with Crippen LogP contribution in [-0.2, 0) is 42.8 Å². The average Bonchev–Trinajstić information content (AvgIpc) is 2.68. The summed E-state index contributed by atoms with van der Waals surface area (Å²) >= 11 is 0. The van der Waals surface area contributed by atoms with Crippen LogP contribution in [0.15, 0.2) is 30.3 Å². The molecular formula is C19H25NO10S. The van der Waals surface area contributed by atoms with E-state index in [0.29, 0.717) is 5.56 Å². The molecule has 1 aromatic carbocycles. The Bertz CT molecular complexity index is 888. The molecule has 1 heterocycles. The molecule has 1 aliphatic rings. The Morgan fingerprint density at radius 3 is 2.23 bits per heavy atom. The molecule has 0 spiro atoms. The lowest BCUT2D eigenvalue weighted by Crippen LogP contribution is -2.66. The minimum absolute atomic E-state index is 0.293. The van der Waals surface area contributed by atoms with Gasteiger partial charge in [-0.25, -0.2) is 0 Å². The van der Waals surface area contributed by atoms with E-state index in [0.717, 1.165) is 13.2 Å². The first-order chi connectivity index (χ1) is 14.5. The van der Waals surface area contributed by atoms with Crippen LogP contribution in [0.1, 0.15) is 24.2 Å². The maximum absolute atomic E-state index is 12.7. The predicted molar refractivity (Wildman–Crippen MR) is 105 cm³/mol. The number of hydrogen-bond donors (Lipinski definition) is 1. The summed E-state index contributed by atoms with van der Waals surface area (Å²) in [5.41, 5.74) is 0.293. The predicted octanol–water partition coefficient (Wildman–Crippen LogP) is -0.00410. The van der Waals surface area contributed by atoms with Crippen molar-refractivity contribution in [1.82, 2.24) is 5.32 Å². The smallest absolute Gasteiger partial charge is 0.303 e. The van der Waals surface area contributed by atoms with E-state index in [4.69, 9.17) is 23.1 Å². The van der Waals surface area contributed by atoms with Gasteiger partial charge in [-0.15, -0.1) is 0 Å². The molecule has 5 atom stereocenters. The van der Waals surface area contributed by atoms with E-state index >= 15 is 0 Å². The number of rotatable bonds is 8. The number of ether oxygens (including phenoxy) is 4. The standard InChI is InChI=1S/C19H25NO10S/c1-11(21)27-10-14-16(28-12(2)22)17(30-31(4,24)25)15(19(26-3)29-14)20-18(23)13-8-6-5-7-9-13/h5-9,14-17,19H,10H2,1-4H3,(H,20,23). The Labute approximate surface area is 180 Å². The maximum Gasteiger partial charge on any atom is 0.303 e. The molecule has 0 bridgehead atoms. The molecule has 1 amide bonds. The summed E-state index contributed by atoms with van der Waals surface area (Å²) in [4.78, 5) is 35.6. The SMILES string of the molecule is COC1OC(COC(C)=O)C(OC(C)=O)C(OS(C)(=O)=O)C1NC(=O)c1ccccc1. The van der Waals surface area contributed by atoms with Crippen LogP contribution in [0.5, 0.6) is 0 Å². The molecule has 1 saturated heterocycles. The van der Waals surface area contributed by atoms with Gasteiger partial charge in [0, 0.05) is 26.5 Å². The maximum atomic E-state index is 12.7. The second-order valence-electron chi connectivity index (χ2n) is 6.79. The van der Waals surface area contributed by atoms with Crippen molar-refractivity contribution in [2.24, 2.45) is 0 Å². The number of benzene rings is 1. The molecule has 1 N–H and O–H groups in total. The first-order valence-corrected chi connectivity index (χ1v) is 11.1. The Kier molecular flexibility index (Phi) is 8.51.